The van der Waals surface area contributed by atoms with Crippen molar-refractivity contribution in [2.45, 2.75) is 25.7 Å². The second-order valence-corrected chi connectivity index (χ2v) is 4.35. The first-order valence-corrected chi connectivity index (χ1v) is 5.26. The van der Waals surface area contributed by atoms with Gasteiger partial charge in [-0.2, -0.15) is 0 Å². The maximum absolute atomic E-state index is 11.5. The highest BCUT2D eigenvalue weighted by Crippen LogP contribution is 2.33. The van der Waals surface area contributed by atoms with Crippen molar-refractivity contribution >= 4 is 6.03 Å². The van der Waals surface area contributed by atoms with E-state index < -0.39 is 0 Å². The first kappa shape index (κ1) is 8.85. The van der Waals surface area contributed by atoms with E-state index >= 15 is 0 Å². The molecule has 3 fully saturated rings. The lowest BCUT2D eigenvalue weighted by Gasteiger charge is -2.21. The minimum atomic E-state index is 0.110. The number of nitrogens with one attached hydrogen (secondary N) is 1. The van der Waals surface area contributed by atoms with Gasteiger partial charge in [0, 0.05) is 20.1 Å². The van der Waals surface area contributed by atoms with Gasteiger partial charge in [0.2, 0.25) is 0 Å². The summed E-state index contributed by atoms with van der Waals surface area (Å²) in [6.45, 7) is 1.96. The van der Waals surface area contributed by atoms with Gasteiger partial charge < -0.3 is 10.2 Å². The van der Waals surface area contributed by atoms with Gasteiger partial charge in [-0.05, 0) is 37.5 Å². The van der Waals surface area contributed by atoms with Crippen molar-refractivity contribution < 1.29 is 4.79 Å². The smallest absolute Gasteiger partial charge is 0.317 e. The van der Waals surface area contributed by atoms with Crippen molar-refractivity contribution in [1.82, 2.24) is 10.2 Å². The highest BCUT2D eigenvalue weighted by atomic mass is 16.2. The molecule has 0 aromatic heterocycles. The van der Waals surface area contributed by atoms with Gasteiger partial charge in [-0.25, -0.2) is 4.79 Å². The number of urea groups is 1. The summed E-state index contributed by atoms with van der Waals surface area (Å²) in [5.41, 5.74) is 0. The molecule has 1 N–H and O–H groups in total. The predicted molar refractivity (Wildman–Crippen MR) is 51.5 cm³/mol. The average molecular weight is 182 g/mol. The predicted octanol–water partition coefficient (Wildman–Crippen LogP) is 1.45. The standard InChI is InChI=1S/C10H18N2O/c1-11-10(13)12-6-8-2-3-9(7-12)5-4-8/h8-9H,2-7H2,1H3,(H,11,13). The number of hydrogen-bond donors (Lipinski definition) is 1. The number of fused-ring (bicyclic) bond motifs is 4. The van der Waals surface area contributed by atoms with Crippen LogP contribution in [0.4, 0.5) is 4.79 Å². The molecule has 0 aromatic rings. The number of rotatable bonds is 0. The molecular weight excluding hydrogens is 164 g/mol. The largest absolute Gasteiger partial charge is 0.341 e. The number of amides is 2. The fourth-order valence-corrected chi connectivity index (χ4v) is 2.62. The Balaban J connectivity index is 2.03. The van der Waals surface area contributed by atoms with Crippen molar-refractivity contribution in [2.75, 3.05) is 20.1 Å². The zero-order valence-corrected chi connectivity index (χ0v) is 8.25. The Kier molecular flexibility index (Phi) is 2.42. The molecule has 2 amide bonds. The Morgan fingerprint density at radius 3 is 2.00 bits per heavy atom. The fraction of sp³-hybridized carbons (Fsp3) is 0.900. The molecule has 0 aromatic carbocycles. The normalized spacial score (nSPS) is 32.8. The van der Waals surface area contributed by atoms with Gasteiger partial charge in [0.25, 0.3) is 0 Å². The van der Waals surface area contributed by atoms with Crippen molar-refractivity contribution in [3.05, 3.63) is 0 Å². The number of carbonyl (C=O) groups is 1. The molecule has 1 saturated carbocycles. The molecule has 0 spiro atoms. The molecule has 3 nitrogen and oxygen atoms in total. The fourth-order valence-electron chi connectivity index (χ4n) is 2.62. The highest BCUT2D eigenvalue weighted by molar-refractivity contribution is 5.73. The topological polar surface area (TPSA) is 32.3 Å². The van der Waals surface area contributed by atoms with Crippen molar-refractivity contribution in [1.29, 1.82) is 0 Å². The van der Waals surface area contributed by atoms with E-state index in [4.69, 9.17) is 0 Å². The van der Waals surface area contributed by atoms with Crippen LogP contribution in [0.1, 0.15) is 25.7 Å². The van der Waals surface area contributed by atoms with E-state index in [-0.39, 0.29) is 6.03 Å². The zero-order valence-electron chi connectivity index (χ0n) is 8.25. The van der Waals surface area contributed by atoms with E-state index in [9.17, 15) is 4.79 Å². The van der Waals surface area contributed by atoms with Crippen LogP contribution in [0.5, 0.6) is 0 Å². The van der Waals surface area contributed by atoms with Crippen LogP contribution in [0, 0.1) is 11.8 Å². The van der Waals surface area contributed by atoms with Gasteiger partial charge in [-0.15, -0.1) is 0 Å². The third kappa shape index (κ3) is 1.79. The minimum absolute atomic E-state index is 0.110. The van der Waals surface area contributed by atoms with Crippen LogP contribution < -0.4 is 5.32 Å². The van der Waals surface area contributed by atoms with Gasteiger partial charge in [-0.3, -0.25) is 0 Å². The van der Waals surface area contributed by atoms with E-state index in [1.807, 2.05) is 4.90 Å². The summed E-state index contributed by atoms with van der Waals surface area (Å²) in [7, 11) is 1.72. The summed E-state index contributed by atoms with van der Waals surface area (Å²) in [5, 5.41) is 2.72. The first-order valence-electron chi connectivity index (χ1n) is 5.26. The second-order valence-electron chi connectivity index (χ2n) is 4.35. The highest BCUT2D eigenvalue weighted by Gasteiger charge is 2.30. The Morgan fingerprint density at radius 2 is 1.62 bits per heavy atom. The summed E-state index contributed by atoms with van der Waals surface area (Å²) in [6, 6.07) is 0.110. The van der Waals surface area contributed by atoms with Crippen LogP contribution in [0.15, 0.2) is 0 Å². The minimum Gasteiger partial charge on any atom is -0.341 e. The lowest BCUT2D eigenvalue weighted by Crippen LogP contribution is -2.40. The summed E-state index contributed by atoms with van der Waals surface area (Å²) in [4.78, 5) is 13.4. The quantitative estimate of drug-likeness (QED) is 0.604. The van der Waals surface area contributed by atoms with Crippen LogP contribution in [-0.2, 0) is 0 Å². The maximum Gasteiger partial charge on any atom is 0.317 e. The SMILES string of the molecule is CNC(=O)N1CC2CCC(CC2)C1. The molecule has 2 saturated heterocycles. The molecule has 3 heteroatoms. The zero-order chi connectivity index (χ0) is 9.26. The number of hydrogen-bond acceptors (Lipinski definition) is 1. The van der Waals surface area contributed by atoms with Gasteiger partial charge in [0.15, 0.2) is 0 Å². The number of nitrogens with zero attached hydrogens (tertiary/aromatic N) is 1. The van der Waals surface area contributed by atoms with E-state index in [2.05, 4.69) is 5.32 Å². The van der Waals surface area contributed by atoms with Crippen LogP contribution >= 0.6 is 0 Å². The lowest BCUT2D eigenvalue weighted by molar-refractivity contribution is 0.195. The van der Waals surface area contributed by atoms with E-state index in [1.165, 1.54) is 25.7 Å². The third-order valence-corrected chi connectivity index (χ3v) is 3.42. The molecule has 74 valence electrons. The first-order chi connectivity index (χ1) is 6.29. The monoisotopic (exact) mass is 182 g/mol. The molecule has 3 rings (SSSR count). The molecule has 0 radical (unpaired) electrons. The summed E-state index contributed by atoms with van der Waals surface area (Å²) >= 11 is 0. The molecule has 2 aliphatic heterocycles. The van der Waals surface area contributed by atoms with Crippen molar-refractivity contribution in [3.63, 3.8) is 0 Å². The van der Waals surface area contributed by atoms with Gasteiger partial charge >= 0.3 is 6.03 Å². The molecule has 1 aliphatic carbocycles. The second kappa shape index (κ2) is 3.56. The van der Waals surface area contributed by atoms with E-state index in [0.29, 0.717) is 0 Å². The molecular formula is C10H18N2O. The van der Waals surface area contributed by atoms with Gasteiger partial charge in [-0.1, -0.05) is 0 Å². The van der Waals surface area contributed by atoms with Crippen molar-refractivity contribution in [3.8, 4) is 0 Å². The Morgan fingerprint density at radius 1 is 1.15 bits per heavy atom. The van der Waals surface area contributed by atoms with E-state index in [1.54, 1.807) is 7.05 Å². The maximum atomic E-state index is 11.5. The summed E-state index contributed by atoms with van der Waals surface area (Å²) < 4.78 is 0. The molecule has 0 unspecified atom stereocenters. The van der Waals surface area contributed by atoms with E-state index in [0.717, 1.165) is 24.9 Å². The van der Waals surface area contributed by atoms with Gasteiger partial charge in [0.05, 0.1) is 0 Å². The Hall–Kier alpha value is -0.730. The Bertz CT molecular complexity index is 183. The third-order valence-electron chi connectivity index (χ3n) is 3.42. The lowest BCUT2D eigenvalue weighted by atomic mass is 9.84. The van der Waals surface area contributed by atoms with Crippen LogP contribution in [-0.4, -0.2) is 31.1 Å². The van der Waals surface area contributed by atoms with Crippen LogP contribution in [0.2, 0.25) is 0 Å². The summed E-state index contributed by atoms with van der Waals surface area (Å²) in [5.74, 6) is 1.55. The molecule has 2 heterocycles. The Labute approximate surface area is 79.5 Å². The molecule has 2 bridgehead atoms. The molecule has 0 atom stereocenters. The summed E-state index contributed by atoms with van der Waals surface area (Å²) in [6.07, 6.45) is 5.33. The molecule has 3 aliphatic rings. The average Bonchev–Trinajstić information content (AvgIpc) is 2.49. The number of carbonyl (C=O) groups excluding carboxylic acids is 1. The molecule has 13 heavy (non-hydrogen) atoms. The van der Waals surface area contributed by atoms with Crippen molar-refractivity contribution in [2.24, 2.45) is 11.8 Å². The van der Waals surface area contributed by atoms with Crippen LogP contribution in [0.25, 0.3) is 0 Å². The van der Waals surface area contributed by atoms with Crippen LogP contribution in [0.3, 0.4) is 0 Å². The van der Waals surface area contributed by atoms with Gasteiger partial charge in [0.1, 0.15) is 0 Å².